The number of nitrogens with one attached hydrogen (secondary N) is 2. The number of fused-ring (bicyclic) bond motifs is 3. The number of rotatable bonds is 5. The number of hydrogen-bond acceptors (Lipinski definition) is 5. The number of nitriles is 2. The quantitative estimate of drug-likeness (QED) is 0.757. The average Bonchev–Trinajstić information content (AvgIpc) is 3.20. The van der Waals surface area contributed by atoms with E-state index in [0.717, 1.165) is 38.5 Å². The fourth-order valence-electron chi connectivity index (χ4n) is 5.23. The fourth-order valence-corrected chi connectivity index (χ4v) is 5.23. The Balaban J connectivity index is 1.32. The van der Waals surface area contributed by atoms with Crippen molar-refractivity contribution in [2.24, 2.45) is 5.41 Å². The molecular weight excluding hydrogens is 397 g/mol. The lowest BCUT2D eigenvalue weighted by Gasteiger charge is -2.52. The average molecular weight is 423 g/mol. The van der Waals surface area contributed by atoms with Gasteiger partial charge in [-0.1, -0.05) is 0 Å². The molecule has 1 aromatic rings. The van der Waals surface area contributed by atoms with Crippen molar-refractivity contribution in [3.8, 4) is 12.1 Å². The van der Waals surface area contributed by atoms with E-state index in [1.54, 1.807) is 24.3 Å². The normalized spacial score (nSPS) is 31.6. The molecule has 2 bridgehead atoms. The minimum atomic E-state index is -1.13. The molecule has 5 rings (SSSR count). The first kappa shape index (κ1) is 21.3. The number of carbonyl (C=O) groups is 2. The molecule has 8 heteroatoms. The Hall–Kier alpha value is -2.97. The summed E-state index contributed by atoms with van der Waals surface area (Å²) < 4.78 is 13.6. The summed E-state index contributed by atoms with van der Waals surface area (Å²) in [5.41, 5.74) is 0.662. The summed E-state index contributed by atoms with van der Waals surface area (Å²) in [6.45, 7) is 0.0830. The van der Waals surface area contributed by atoms with Gasteiger partial charge in [0.2, 0.25) is 11.8 Å². The maximum Gasteiger partial charge on any atom is 0.237 e. The topological polar surface area (TPSA) is 109 Å². The van der Waals surface area contributed by atoms with Crippen molar-refractivity contribution in [3.63, 3.8) is 0 Å². The number of carbonyl (C=O) groups excluding carboxylic acids is 2. The number of anilines is 1. The SMILES string of the molecule is N#Cc1ccc(NC(=O)C23CCC(NCC(=O)N4C[C@@H](F)C[C@H]4C#N)(CC2)CC3)cc1. The van der Waals surface area contributed by atoms with Crippen LogP contribution < -0.4 is 10.6 Å². The summed E-state index contributed by atoms with van der Waals surface area (Å²) >= 11 is 0. The number of amides is 2. The summed E-state index contributed by atoms with van der Waals surface area (Å²) in [5, 5.41) is 24.4. The van der Waals surface area contributed by atoms with Crippen LogP contribution in [0.1, 0.15) is 50.5 Å². The molecule has 0 unspecified atom stereocenters. The third kappa shape index (κ3) is 4.13. The summed E-state index contributed by atoms with van der Waals surface area (Å²) in [4.78, 5) is 26.9. The molecule has 0 aromatic heterocycles. The second-order valence-corrected chi connectivity index (χ2v) is 9.08. The summed E-state index contributed by atoms with van der Waals surface area (Å²) in [7, 11) is 0. The van der Waals surface area contributed by atoms with Crippen molar-refractivity contribution in [2.75, 3.05) is 18.4 Å². The van der Waals surface area contributed by atoms with Gasteiger partial charge < -0.3 is 15.5 Å². The molecule has 2 N–H and O–H groups in total. The van der Waals surface area contributed by atoms with Gasteiger partial charge in [0.25, 0.3) is 0 Å². The van der Waals surface area contributed by atoms with Gasteiger partial charge in [0.05, 0.1) is 30.8 Å². The summed E-state index contributed by atoms with van der Waals surface area (Å²) in [6.07, 6.45) is 3.59. The second-order valence-electron chi connectivity index (χ2n) is 9.08. The van der Waals surface area contributed by atoms with Crippen molar-refractivity contribution in [3.05, 3.63) is 29.8 Å². The monoisotopic (exact) mass is 423 g/mol. The maximum atomic E-state index is 13.6. The minimum Gasteiger partial charge on any atom is -0.326 e. The van der Waals surface area contributed by atoms with Gasteiger partial charge in [-0.15, -0.1) is 0 Å². The predicted molar refractivity (Wildman–Crippen MR) is 111 cm³/mol. The lowest BCUT2D eigenvalue weighted by atomic mass is 9.57. The van der Waals surface area contributed by atoms with E-state index < -0.39 is 17.6 Å². The lowest BCUT2D eigenvalue weighted by molar-refractivity contribution is -0.135. The highest BCUT2D eigenvalue weighted by Gasteiger charge is 2.52. The largest absolute Gasteiger partial charge is 0.326 e. The zero-order valence-corrected chi connectivity index (χ0v) is 17.4. The van der Waals surface area contributed by atoms with Crippen LogP contribution in [0.25, 0.3) is 0 Å². The molecule has 1 heterocycles. The molecule has 7 nitrogen and oxygen atoms in total. The smallest absolute Gasteiger partial charge is 0.237 e. The Morgan fingerprint density at radius 3 is 2.32 bits per heavy atom. The number of likely N-dealkylation sites (tertiary alicyclic amines) is 1. The molecule has 1 aromatic carbocycles. The van der Waals surface area contributed by atoms with Crippen LogP contribution in [0.4, 0.5) is 10.1 Å². The Kier molecular flexibility index (Phi) is 5.68. The van der Waals surface area contributed by atoms with Crippen LogP contribution in [0.2, 0.25) is 0 Å². The van der Waals surface area contributed by atoms with Gasteiger partial charge in [-0.3, -0.25) is 9.59 Å². The van der Waals surface area contributed by atoms with Crippen molar-refractivity contribution in [1.82, 2.24) is 10.2 Å². The molecular formula is C23H26FN5O2. The third-order valence-corrected chi connectivity index (χ3v) is 7.33. The molecule has 1 aliphatic heterocycles. The molecule has 4 fully saturated rings. The van der Waals surface area contributed by atoms with Crippen LogP contribution >= 0.6 is 0 Å². The highest BCUT2D eigenvalue weighted by molar-refractivity contribution is 5.95. The zero-order valence-electron chi connectivity index (χ0n) is 17.4. The number of hydrogen-bond donors (Lipinski definition) is 2. The van der Waals surface area contributed by atoms with Crippen LogP contribution in [0.3, 0.4) is 0 Å². The van der Waals surface area contributed by atoms with Gasteiger partial charge in [-0.2, -0.15) is 10.5 Å². The van der Waals surface area contributed by atoms with Crippen LogP contribution in [0.5, 0.6) is 0 Å². The van der Waals surface area contributed by atoms with E-state index in [9.17, 15) is 14.0 Å². The standard InChI is InChI=1S/C23H26FN5O2/c24-17-11-19(13-26)29(15-17)20(30)14-27-23-8-5-22(6-9-23,7-10-23)21(31)28-18-3-1-16(12-25)2-4-18/h1-4,17,19,27H,5-11,14-15H2,(H,28,31)/t17-,19-,22?,23?/m0/s1. The first-order valence-corrected chi connectivity index (χ1v) is 10.8. The van der Waals surface area contributed by atoms with Gasteiger partial charge >= 0.3 is 0 Å². The molecule has 3 saturated carbocycles. The number of alkyl halides is 1. The van der Waals surface area contributed by atoms with Gasteiger partial charge in [0.15, 0.2) is 0 Å². The molecule has 0 spiro atoms. The zero-order chi connectivity index (χ0) is 22.1. The molecule has 1 saturated heterocycles. The maximum absolute atomic E-state index is 13.6. The molecule has 3 aliphatic carbocycles. The molecule has 0 radical (unpaired) electrons. The molecule has 2 amide bonds. The number of benzene rings is 1. The van der Waals surface area contributed by atoms with Crippen molar-refractivity contribution >= 4 is 17.5 Å². The highest BCUT2D eigenvalue weighted by atomic mass is 19.1. The first-order chi connectivity index (χ1) is 14.9. The molecule has 4 aliphatic rings. The van der Waals surface area contributed by atoms with Gasteiger partial charge in [-0.05, 0) is 62.8 Å². The van der Waals surface area contributed by atoms with E-state index in [2.05, 4.69) is 16.7 Å². The number of halogens is 1. The van der Waals surface area contributed by atoms with Gasteiger partial charge in [0.1, 0.15) is 12.2 Å². The van der Waals surface area contributed by atoms with Crippen LogP contribution in [-0.4, -0.2) is 47.6 Å². The van der Waals surface area contributed by atoms with Gasteiger partial charge in [0, 0.05) is 23.1 Å². The van der Waals surface area contributed by atoms with E-state index in [-0.39, 0.29) is 36.9 Å². The van der Waals surface area contributed by atoms with E-state index >= 15 is 0 Å². The Labute approximate surface area is 181 Å². The Morgan fingerprint density at radius 2 is 1.74 bits per heavy atom. The first-order valence-electron chi connectivity index (χ1n) is 10.8. The van der Waals surface area contributed by atoms with Crippen LogP contribution in [0, 0.1) is 28.1 Å². The van der Waals surface area contributed by atoms with E-state index in [0.29, 0.717) is 11.3 Å². The highest BCUT2D eigenvalue weighted by Crippen LogP contribution is 2.52. The second kappa shape index (κ2) is 8.28. The summed E-state index contributed by atoms with van der Waals surface area (Å²) in [5.74, 6) is -0.216. The molecule has 2 atom stereocenters. The van der Waals surface area contributed by atoms with E-state index in [1.807, 2.05) is 6.07 Å². The van der Waals surface area contributed by atoms with Crippen molar-refractivity contribution in [1.29, 1.82) is 10.5 Å². The molecule has 162 valence electrons. The fraction of sp³-hybridized carbons (Fsp3) is 0.565. The third-order valence-electron chi connectivity index (χ3n) is 7.33. The van der Waals surface area contributed by atoms with Gasteiger partial charge in [-0.25, -0.2) is 4.39 Å². The van der Waals surface area contributed by atoms with Crippen LogP contribution in [0.15, 0.2) is 24.3 Å². The Bertz CT molecular complexity index is 924. The van der Waals surface area contributed by atoms with Crippen molar-refractivity contribution < 1.29 is 14.0 Å². The van der Waals surface area contributed by atoms with Crippen LogP contribution in [-0.2, 0) is 9.59 Å². The van der Waals surface area contributed by atoms with E-state index in [1.165, 1.54) is 4.90 Å². The Morgan fingerprint density at radius 1 is 1.10 bits per heavy atom. The van der Waals surface area contributed by atoms with Crippen molar-refractivity contribution in [2.45, 2.75) is 62.7 Å². The number of nitrogens with zero attached hydrogens (tertiary/aromatic N) is 3. The van der Waals surface area contributed by atoms with E-state index in [4.69, 9.17) is 10.5 Å². The summed E-state index contributed by atoms with van der Waals surface area (Å²) in [6, 6.07) is 10.2. The molecule has 31 heavy (non-hydrogen) atoms. The predicted octanol–water partition coefficient (Wildman–Crippen LogP) is 2.64. The lowest BCUT2D eigenvalue weighted by Crippen LogP contribution is -2.59. The minimum absolute atomic E-state index is 0.00955.